The predicted octanol–water partition coefficient (Wildman–Crippen LogP) is 3.63. The molecule has 0 aliphatic heterocycles. The van der Waals surface area contributed by atoms with Gasteiger partial charge in [-0.3, -0.25) is 4.79 Å². The van der Waals surface area contributed by atoms with E-state index in [0.717, 1.165) is 15.0 Å². The average Bonchev–Trinajstić information content (AvgIpc) is 2.90. The first-order valence-corrected chi connectivity index (χ1v) is 7.62. The third-order valence-electron chi connectivity index (χ3n) is 2.57. The summed E-state index contributed by atoms with van der Waals surface area (Å²) in [6.07, 6.45) is 2.60. The number of hydrogen-bond acceptors (Lipinski definition) is 3. The minimum absolute atomic E-state index is 0.00298. The van der Waals surface area contributed by atoms with E-state index in [1.807, 2.05) is 36.6 Å². The Morgan fingerprint density at radius 3 is 2.72 bits per heavy atom. The van der Waals surface area contributed by atoms with Crippen LogP contribution in [0.25, 0.3) is 0 Å². The molecule has 2 rings (SSSR count). The van der Waals surface area contributed by atoms with E-state index in [-0.39, 0.29) is 11.9 Å². The molecule has 3 nitrogen and oxygen atoms in total. The summed E-state index contributed by atoms with van der Waals surface area (Å²) in [7, 11) is 0. The molecule has 0 aliphatic rings. The van der Waals surface area contributed by atoms with Crippen molar-refractivity contribution >= 4 is 39.8 Å². The van der Waals surface area contributed by atoms with Crippen LogP contribution in [0, 0.1) is 3.57 Å². The van der Waals surface area contributed by atoms with E-state index in [0.29, 0.717) is 5.56 Å². The molecule has 1 aromatic carbocycles. The summed E-state index contributed by atoms with van der Waals surface area (Å²) in [6, 6.07) is 7.54. The van der Waals surface area contributed by atoms with Crippen molar-refractivity contribution in [3.05, 3.63) is 50.0 Å². The van der Waals surface area contributed by atoms with E-state index >= 15 is 0 Å². The third-order valence-corrected chi connectivity index (χ3v) is 4.18. The highest BCUT2D eigenvalue weighted by Crippen LogP contribution is 2.19. The Morgan fingerprint density at radius 2 is 2.17 bits per heavy atom. The average molecular weight is 372 g/mol. The summed E-state index contributed by atoms with van der Waals surface area (Å²) in [6.45, 7) is 2.04. The normalized spacial score (nSPS) is 12.1. The van der Waals surface area contributed by atoms with Crippen molar-refractivity contribution in [2.24, 2.45) is 0 Å². The molecule has 1 unspecified atom stereocenters. The molecule has 1 amide bonds. The van der Waals surface area contributed by atoms with Crippen molar-refractivity contribution < 1.29 is 4.79 Å². The molecule has 1 N–H and O–H groups in total. The highest BCUT2D eigenvalue weighted by Gasteiger charge is 2.15. The Labute approximate surface area is 124 Å². The van der Waals surface area contributed by atoms with Crippen molar-refractivity contribution in [1.29, 1.82) is 0 Å². The van der Waals surface area contributed by atoms with Crippen LogP contribution in [0.4, 0.5) is 0 Å². The van der Waals surface area contributed by atoms with E-state index in [1.54, 1.807) is 17.5 Å². The van der Waals surface area contributed by atoms with Crippen molar-refractivity contribution in [3.8, 4) is 0 Å². The Hall–Kier alpha value is -0.950. The fourth-order valence-corrected chi connectivity index (χ4v) is 2.72. The molecule has 0 saturated carbocycles. The van der Waals surface area contributed by atoms with Crippen LogP contribution in [0.3, 0.4) is 0 Å². The number of carbonyl (C=O) groups is 1. The second-order valence-electron chi connectivity index (χ2n) is 3.81. The topological polar surface area (TPSA) is 42.0 Å². The second kappa shape index (κ2) is 6.29. The van der Waals surface area contributed by atoms with Crippen LogP contribution in [-0.2, 0) is 0 Å². The Kier molecular flexibility index (Phi) is 4.71. The summed E-state index contributed by atoms with van der Waals surface area (Å²) < 4.78 is 1.12. The zero-order valence-electron chi connectivity index (χ0n) is 9.89. The molecule has 1 atom stereocenters. The molecule has 0 radical (unpaired) electrons. The Bertz CT molecular complexity index is 510. The highest BCUT2D eigenvalue weighted by molar-refractivity contribution is 14.1. The molecule has 1 aromatic heterocycles. The monoisotopic (exact) mass is 372 g/mol. The van der Waals surface area contributed by atoms with E-state index < -0.39 is 0 Å². The number of nitrogens with zero attached hydrogens (tertiary/aromatic N) is 1. The van der Waals surface area contributed by atoms with E-state index in [2.05, 4.69) is 32.9 Å². The number of halogens is 1. The first-order chi connectivity index (χ1) is 8.70. The van der Waals surface area contributed by atoms with Gasteiger partial charge in [-0.25, -0.2) is 4.98 Å². The molecule has 18 heavy (non-hydrogen) atoms. The standard InChI is InChI=1S/C13H13IN2OS/c1-2-11(13-15-7-8-18-13)16-12(17)9-3-5-10(14)6-4-9/h3-8,11H,2H2,1H3,(H,16,17). The first-order valence-electron chi connectivity index (χ1n) is 5.66. The Morgan fingerprint density at radius 1 is 1.44 bits per heavy atom. The molecular formula is C13H13IN2OS. The van der Waals surface area contributed by atoms with Crippen molar-refractivity contribution in [2.45, 2.75) is 19.4 Å². The van der Waals surface area contributed by atoms with E-state index in [4.69, 9.17) is 0 Å². The number of benzene rings is 1. The van der Waals surface area contributed by atoms with Gasteiger partial charge in [0.25, 0.3) is 5.91 Å². The maximum atomic E-state index is 12.1. The minimum Gasteiger partial charge on any atom is -0.343 e. The van der Waals surface area contributed by atoms with Gasteiger partial charge in [0.15, 0.2) is 0 Å². The minimum atomic E-state index is -0.0477. The van der Waals surface area contributed by atoms with Gasteiger partial charge in [-0.1, -0.05) is 6.92 Å². The molecule has 5 heteroatoms. The van der Waals surface area contributed by atoms with Gasteiger partial charge in [-0.15, -0.1) is 11.3 Å². The molecule has 1 heterocycles. The molecule has 0 fully saturated rings. The van der Waals surface area contributed by atoms with Crippen molar-refractivity contribution in [3.63, 3.8) is 0 Å². The number of nitrogens with one attached hydrogen (secondary N) is 1. The van der Waals surface area contributed by atoms with Gasteiger partial charge in [0, 0.05) is 20.7 Å². The maximum Gasteiger partial charge on any atom is 0.251 e. The van der Waals surface area contributed by atoms with Crippen molar-refractivity contribution in [2.75, 3.05) is 0 Å². The molecule has 0 aliphatic carbocycles. The largest absolute Gasteiger partial charge is 0.343 e. The first kappa shape index (κ1) is 13.5. The van der Waals surface area contributed by atoms with Crippen LogP contribution < -0.4 is 5.32 Å². The number of aromatic nitrogens is 1. The summed E-state index contributed by atoms with van der Waals surface area (Å²) in [5, 5.41) is 5.89. The Balaban J connectivity index is 2.08. The SMILES string of the molecule is CCC(NC(=O)c1ccc(I)cc1)c1nccs1. The number of hydrogen-bond donors (Lipinski definition) is 1. The van der Waals surface area contributed by atoms with Crippen LogP contribution in [0.15, 0.2) is 35.8 Å². The van der Waals surface area contributed by atoms with Gasteiger partial charge in [0.1, 0.15) is 5.01 Å². The third kappa shape index (κ3) is 3.29. The van der Waals surface area contributed by atoms with Crippen LogP contribution in [0.2, 0.25) is 0 Å². The predicted molar refractivity (Wildman–Crippen MR) is 81.8 cm³/mol. The molecule has 94 valence electrons. The summed E-state index contributed by atoms with van der Waals surface area (Å²) in [5.74, 6) is -0.0477. The molecule has 0 bridgehead atoms. The highest BCUT2D eigenvalue weighted by atomic mass is 127. The van der Waals surface area contributed by atoms with Crippen LogP contribution in [-0.4, -0.2) is 10.9 Å². The fourth-order valence-electron chi connectivity index (χ4n) is 1.59. The lowest BCUT2D eigenvalue weighted by molar-refractivity contribution is 0.0935. The summed E-state index contributed by atoms with van der Waals surface area (Å²) >= 11 is 3.79. The smallest absolute Gasteiger partial charge is 0.251 e. The zero-order valence-corrected chi connectivity index (χ0v) is 12.9. The van der Waals surface area contributed by atoms with Gasteiger partial charge in [0.05, 0.1) is 6.04 Å². The summed E-state index contributed by atoms with van der Waals surface area (Å²) in [4.78, 5) is 16.3. The van der Waals surface area contributed by atoms with Crippen molar-refractivity contribution in [1.82, 2.24) is 10.3 Å². The van der Waals surface area contributed by atoms with Crippen LogP contribution >= 0.6 is 33.9 Å². The lowest BCUT2D eigenvalue weighted by Gasteiger charge is -2.14. The molecule has 2 aromatic rings. The van der Waals surface area contributed by atoms with Crippen LogP contribution in [0.5, 0.6) is 0 Å². The maximum absolute atomic E-state index is 12.1. The molecule has 0 spiro atoms. The quantitative estimate of drug-likeness (QED) is 0.833. The zero-order chi connectivity index (χ0) is 13.0. The lowest BCUT2D eigenvalue weighted by Crippen LogP contribution is -2.28. The molecule has 0 saturated heterocycles. The van der Waals surface area contributed by atoms with Gasteiger partial charge in [-0.2, -0.15) is 0 Å². The van der Waals surface area contributed by atoms with Crippen LogP contribution in [0.1, 0.15) is 34.8 Å². The van der Waals surface area contributed by atoms with Gasteiger partial charge in [0.2, 0.25) is 0 Å². The number of carbonyl (C=O) groups excluding carboxylic acids is 1. The van der Waals surface area contributed by atoms with E-state index in [1.165, 1.54) is 0 Å². The van der Waals surface area contributed by atoms with Gasteiger partial charge < -0.3 is 5.32 Å². The number of rotatable bonds is 4. The lowest BCUT2D eigenvalue weighted by atomic mass is 10.2. The summed E-state index contributed by atoms with van der Waals surface area (Å²) in [5.41, 5.74) is 0.686. The second-order valence-corrected chi connectivity index (χ2v) is 5.98. The van der Waals surface area contributed by atoms with Gasteiger partial charge >= 0.3 is 0 Å². The van der Waals surface area contributed by atoms with E-state index in [9.17, 15) is 4.79 Å². The number of amides is 1. The fraction of sp³-hybridized carbons (Fsp3) is 0.231. The van der Waals surface area contributed by atoms with Gasteiger partial charge in [-0.05, 0) is 53.3 Å². The molecular weight excluding hydrogens is 359 g/mol. The number of thiazole rings is 1.